The number of halogens is 1. The molecule has 2 aliphatic rings. The average Bonchev–Trinajstić information content (AvgIpc) is 3.24. The Bertz CT molecular complexity index is 773. The van der Waals surface area contributed by atoms with Gasteiger partial charge in [-0.15, -0.1) is 0 Å². The second-order valence-corrected chi connectivity index (χ2v) is 7.14. The molecule has 1 aromatic heterocycles. The van der Waals surface area contributed by atoms with Gasteiger partial charge in [-0.3, -0.25) is 4.90 Å². The third-order valence-corrected chi connectivity index (χ3v) is 5.34. The molecule has 0 amide bonds. The van der Waals surface area contributed by atoms with Crippen molar-refractivity contribution >= 4 is 11.8 Å². The Kier molecular flexibility index (Phi) is 5.38. The van der Waals surface area contributed by atoms with E-state index in [1.165, 1.54) is 20.0 Å². The highest BCUT2D eigenvalue weighted by Gasteiger charge is 2.21. The van der Waals surface area contributed by atoms with Crippen molar-refractivity contribution < 1.29 is 9.13 Å². The molecule has 0 N–H and O–H groups in total. The van der Waals surface area contributed by atoms with Crippen molar-refractivity contribution in [3.8, 4) is 5.75 Å². The van der Waals surface area contributed by atoms with Gasteiger partial charge in [-0.05, 0) is 36.6 Å². The first-order valence-electron chi connectivity index (χ1n) is 9.60. The maximum absolute atomic E-state index is 13.9. The fourth-order valence-electron chi connectivity index (χ4n) is 3.79. The number of hydrogen-bond donors (Lipinski definition) is 0. The number of ether oxygens (including phenoxy) is 1. The lowest BCUT2D eigenvalue weighted by molar-refractivity contribution is 0.249. The van der Waals surface area contributed by atoms with Gasteiger partial charge in [0.05, 0.1) is 7.11 Å². The monoisotopic (exact) mass is 371 g/mol. The molecule has 2 fully saturated rings. The summed E-state index contributed by atoms with van der Waals surface area (Å²) in [6, 6.07) is 7.19. The van der Waals surface area contributed by atoms with Crippen LogP contribution in [-0.2, 0) is 6.54 Å². The topological polar surface area (TPSA) is 44.7 Å². The molecule has 2 saturated heterocycles. The van der Waals surface area contributed by atoms with Gasteiger partial charge < -0.3 is 14.5 Å². The molecule has 0 saturated carbocycles. The van der Waals surface area contributed by atoms with E-state index in [-0.39, 0.29) is 5.82 Å². The largest absolute Gasteiger partial charge is 0.494 e. The maximum atomic E-state index is 13.9. The highest BCUT2D eigenvalue weighted by atomic mass is 19.1. The number of nitrogens with zero attached hydrogens (tertiary/aromatic N) is 5. The first-order chi connectivity index (χ1) is 13.2. The lowest BCUT2D eigenvalue weighted by Crippen LogP contribution is -2.46. The summed E-state index contributed by atoms with van der Waals surface area (Å²) in [6.45, 7) is 6.53. The van der Waals surface area contributed by atoms with E-state index in [9.17, 15) is 4.39 Å². The summed E-state index contributed by atoms with van der Waals surface area (Å²) in [6.07, 6.45) is 4.30. The van der Waals surface area contributed by atoms with Crippen LogP contribution in [0.15, 0.2) is 30.5 Å². The molecule has 4 rings (SSSR count). The van der Waals surface area contributed by atoms with Crippen molar-refractivity contribution in [3.05, 3.63) is 41.8 Å². The lowest BCUT2D eigenvalue weighted by Gasteiger charge is -2.35. The van der Waals surface area contributed by atoms with Crippen LogP contribution in [0.3, 0.4) is 0 Å². The molecule has 0 atom stereocenters. The Balaban J connectivity index is 1.35. The Morgan fingerprint density at radius 1 is 1.00 bits per heavy atom. The summed E-state index contributed by atoms with van der Waals surface area (Å²) >= 11 is 0. The van der Waals surface area contributed by atoms with Gasteiger partial charge >= 0.3 is 0 Å². The standard InChI is InChI=1S/C20H26FN5O/c1-27-18-5-4-16(14-17(18)21)15-24-10-12-25(13-11-24)19-6-7-22-20(23-19)26-8-2-3-9-26/h4-7,14H,2-3,8-13,15H2,1H3. The van der Waals surface area contributed by atoms with Crippen LogP contribution in [0.2, 0.25) is 0 Å². The molecule has 7 heteroatoms. The Labute approximate surface area is 159 Å². The molecule has 0 radical (unpaired) electrons. The predicted molar refractivity (Wildman–Crippen MR) is 104 cm³/mol. The second kappa shape index (κ2) is 8.08. The fraction of sp³-hybridized carbons (Fsp3) is 0.500. The summed E-state index contributed by atoms with van der Waals surface area (Å²) in [5, 5.41) is 0. The Morgan fingerprint density at radius 3 is 2.48 bits per heavy atom. The molecule has 27 heavy (non-hydrogen) atoms. The number of methoxy groups -OCH3 is 1. The smallest absolute Gasteiger partial charge is 0.227 e. The van der Waals surface area contributed by atoms with Crippen molar-refractivity contribution in [2.24, 2.45) is 0 Å². The van der Waals surface area contributed by atoms with Crippen molar-refractivity contribution in [2.45, 2.75) is 19.4 Å². The number of hydrogen-bond acceptors (Lipinski definition) is 6. The van der Waals surface area contributed by atoms with E-state index < -0.39 is 0 Å². The molecule has 2 aliphatic heterocycles. The van der Waals surface area contributed by atoms with Crippen molar-refractivity contribution in [3.63, 3.8) is 0 Å². The molecule has 1 aromatic carbocycles. The van der Waals surface area contributed by atoms with E-state index in [4.69, 9.17) is 9.72 Å². The summed E-state index contributed by atoms with van der Waals surface area (Å²) in [5.74, 6) is 1.84. The maximum Gasteiger partial charge on any atom is 0.227 e. The number of aromatic nitrogens is 2. The quantitative estimate of drug-likeness (QED) is 0.805. The minimum absolute atomic E-state index is 0.293. The Morgan fingerprint density at radius 2 is 1.78 bits per heavy atom. The zero-order valence-electron chi connectivity index (χ0n) is 15.8. The minimum atomic E-state index is -0.302. The van der Waals surface area contributed by atoms with Crippen LogP contribution in [0.25, 0.3) is 0 Å². The second-order valence-electron chi connectivity index (χ2n) is 7.14. The number of anilines is 2. The van der Waals surface area contributed by atoms with Gasteiger partial charge in [0.1, 0.15) is 5.82 Å². The van der Waals surface area contributed by atoms with E-state index in [0.717, 1.165) is 63.1 Å². The lowest BCUT2D eigenvalue weighted by atomic mass is 10.2. The van der Waals surface area contributed by atoms with Gasteiger partial charge in [-0.1, -0.05) is 6.07 Å². The SMILES string of the molecule is COc1ccc(CN2CCN(c3ccnc(N4CCCC4)n3)CC2)cc1F. The van der Waals surface area contributed by atoms with Crippen molar-refractivity contribution in [2.75, 3.05) is 56.2 Å². The number of piperazine rings is 1. The van der Waals surface area contributed by atoms with Crippen molar-refractivity contribution in [1.82, 2.24) is 14.9 Å². The van der Waals surface area contributed by atoms with Gasteiger partial charge in [0, 0.05) is 52.0 Å². The Hall–Kier alpha value is -2.41. The molecule has 0 bridgehead atoms. The van der Waals surface area contributed by atoms with Gasteiger partial charge in [0.25, 0.3) is 0 Å². The summed E-state index contributed by atoms with van der Waals surface area (Å²) in [7, 11) is 1.49. The van der Waals surface area contributed by atoms with E-state index in [1.807, 2.05) is 18.3 Å². The highest BCUT2D eigenvalue weighted by molar-refractivity contribution is 5.44. The molecular formula is C20H26FN5O. The van der Waals surface area contributed by atoms with Crippen LogP contribution < -0.4 is 14.5 Å². The average molecular weight is 371 g/mol. The van der Waals surface area contributed by atoms with Gasteiger partial charge in [0.2, 0.25) is 5.95 Å². The third kappa shape index (κ3) is 4.13. The molecule has 3 heterocycles. The number of rotatable bonds is 5. The molecule has 144 valence electrons. The van der Waals surface area contributed by atoms with E-state index >= 15 is 0 Å². The van der Waals surface area contributed by atoms with Crippen LogP contribution in [0.4, 0.5) is 16.2 Å². The summed E-state index contributed by atoms with van der Waals surface area (Å²) in [4.78, 5) is 16.1. The van der Waals surface area contributed by atoms with Gasteiger partial charge in [-0.2, -0.15) is 4.98 Å². The van der Waals surface area contributed by atoms with Crippen molar-refractivity contribution in [1.29, 1.82) is 0 Å². The molecule has 2 aromatic rings. The van der Waals surface area contributed by atoms with Crippen LogP contribution in [0.1, 0.15) is 18.4 Å². The highest BCUT2D eigenvalue weighted by Crippen LogP contribution is 2.22. The molecule has 0 spiro atoms. The fourth-order valence-corrected chi connectivity index (χ4v) is 3.79. The zero-order chi connectivity index (χ0) is 18.6. The first kappa shape index (κ1) is 18.0. The van der Waals surface area contributed by atoms with Crippen LogP contribution >= 0.6 is 0 Å². The predicted octanol–water partition coefficient (Wildman–Crippen LogP) is 2.55. The van der Waals surface area contributed by atoms with Crippen LogP contribution in [0.5, 0.6) is 5.75 Å². The molecule has 6 nitrogen and oxygen atoms in total. The first-order valence-corrected chi connectivity index (χ1v) is 9.60. The van der Waals surface area contributed by atoms with E-state index in [2.05, 4.69) is 19.7 Å². The summed E-state index contributed by atoms with van der Waals surface area (Å²) < 4.78 is 18.9. The normalized spacial score (nSPS) is 18.1. The van der Waals surface area contributed by atoms with Crippen LogP contribution in [0, 0.1) is 5.82 Å². The molecule has 0 aliphatic carbocycles. The molecular weight excluding hydrogens is 345 g/mol. The van der Waals surface area contributed by atoms with Gasteiger partial charge in [-0.25, -0.2) is 9.37 Å². The minimum Gasteiger partial charge on any atom is -0.494 e. The number of benzene rings is 1. The van der Waals surface area contributed by atoms with E-state index in [0.29, 0.717) is 5.75 Å². The third-order valence-electron chi connectivity index (χ3n) is 5.34. The van der Waals surface area contributed by atoms with E-state index in [1.54, 1.807) is 12.1 Å². The van der Waals surface area contributed by atoms with Crippen LogP contribution in [-0.4, -0.2) is 61.2 Å². The molecule has 0 unspecified atom stereocenters. The zero-order valence-corrected chi connectivity index (χ0v) is 15.8. The van der Waals surface area contributed by atoms with Gasteiger partial charge in [0.15, 0.2) is 11.6 Å². The summed E-state index contributed by atoms with van der Waals surface area (Å²) in [5.41, 5.74) is 0.972.